The zero-order chi connectivity index (χ0) is 9.97. The summed E-state index contributed by atoms with van der Waals surface area (Å²) in [6.45, 7) is 0. The van der Waals surface area contributed by atoms with Crippen molar-refractivity contribution in [2.24, 2.45) is 0 Å². The van der Waals surface area contributed by atoms with Gasteiger partial charge in [0.1, 0.15) is 11.2 Å². The van der Waals surface area contributed by atoms with Crippen LogP contribution in [-0.2, 0) is 4.74 Å². The number of rotatable bonds is 2. The average Bonchev–Trinajstić information content (AvgIpc) is 2.86. The molecule has 0 aromatic carbocycles. The number of nitrogens with one attached hydrogen (secondary N) is 1. The van der Waals surface area contributed by atoms with E-state index in [9.17, 15) is 4.79 Å². The van der Waals surface area contributed by atoms with Gasteiger partial charge in [0.25, 0.3) is 0 Å². The minimum atomic E-state index is -0.395. The molecule has 72 valence electrons. The van der Waals surface area contributed by atoms with Gasteiger partial charge in [0, 0.05) is 0 Å². The van der Waals surface area contributed by atoms with Gasteiger partial charge in [-0.25, -0.2) is 14.8 Å². The van der Waals surface area contributed by atoms with Crippen molar-refractivity contribution in [2.75, 3.05) is 7.11 Å². The normalized spacial score (nSPS) is 10.1. The SMILES string of the molecule is COC(=O)c1cnc(-c2ncn[nH]2)s1. The molecule has 1 N–H and O–H groups in total. The lowest BCUT2D eigenvalue weighted by molar-refractivity contribution is 0.0606. The van der Waals surface area contributed by atoms with E-state index in [2.05, 4.69) is 24.9 Å². The summed E-state index contributed by atoms with van der Waals surface area (Å²) in [6, 6.07) is 0. The molecule has 0 aliphatic rings. The summed E-state index contributed by atoms with van der Waals surface area (Å²) < 4.78 is 4.55. The zero-order valence-corrected chi connectivity index (χ0v) is 8.04. The Morgan fingerprint density at radius 3 is 3.07 bits per heavy atom. The molecular formula is C7H6N4O2S. The lowest BCUT2D eigenvalue weighted by Gasteiger charge is -1.90. The van der Waals surface area contributed by atoms with Crippen LogP contribution >= 0.6 is 11.3 Å². The van der Waals surface area contributed by atoms with Crippen molar-refractivity contribution in [2.45, 2.75) is 0 Å². The number of ether oxygens (including phenoxy) is 1. The van der Waals surface area contributed by atoms with E-state index in [-0.39, 0.29) is 0 Å². The van der Waals surface area contributed by atoms with Gasteiger partial charge >= 0.3 is 5.97 Å². The van der Waals surface area contributed by atoms with Crippen molar-refractivity contribution in [1.29, 1.82) is 0 Å². The molecule has 0 bridgehead atoms. The van der Waals surface area contributed by atoms with Crippen molar-refractivity contribution in [3.63, 3.8) is 0 Å². The molecule has 2 aromatic heterocycles. The van der Waals surface area contributed by atoms with Crippen molar-refractivity contribution in [1.82, 2.24) is 20.2 Å². The minimum absolute atomic E-state index is 0.395. The quantitative estimate of drug-likeness (QED) is 0.738. The lowest BCUT2D eigenvalue weighted by Crippen LogP contribution is -1.96. The summed E-state index contributed by atoms with van der Waals surface area (Å²) in [4.78, 5) is 19.5. The number of thiazole rings is 1. The highest BCUT2D eigenvalue weighted by Gasteiger charge is 2.12. The number of hydrogen-bond donors (Lipinski definition) is 1. The van der Waals surface area contributed by atoms with Crippen molar-refractivity contribution < 1.29 is 9.53 Å². The second kappa shape index (κ2) is 3.54. The highest BCUT2D eigenvalue weighted by molar-refractivity contribution is 7.16. The molecule has 0 aliphatic heterocycles. The first-order valence-corrected chi connectivity index (χ1v) is 4.53. The highest BCUT2D eigenvalue weighted by atomic mass is 32.1. The third-order valence-corrected chi connectivity index (χ3v) is 2.49. The maximum atomic E-state index is 11.1. The van der Waals surface area contributed by atoms with Gasteiger partial charge < -0.3 is 4.74 Å². The van der Waals surface area contributed by atoms with Crippen molar-refractivity contribution in [3.8, 4) is 10.8 Å². The Morgan fingerprint density at radius 2 is 2.43 bits per heavy atom. The van der Waals surface area contributed by atoms with Gasteiger partial charge in [0.15, 0.2) is 10.8 Å². The number of hydrogen-bond acceptors (Lipinski definition) is 6. The fourth-order valence-electron chi connectivity index (χ4n) is 0.887. The molecule has 2 aromatic rings. The standard InChI is InChI=1S/C7H6N4O2S/c1-13-7(12)4-2-8-6(14-4)5-9-3-10-11-5/h2-3H,1H3,(H,9,10,11). The first-order chi connectivity index (χ1) is 6.81. The van der Waals surface area contributed by atoms with Gasteiger partial charge in [-0.05, 0) is 0 Å². The van der Waals surface area contributed by atoms with E-state index in [1.807, 2.05) is 0 Å². The number of H-pyrrole nitrogens is 1. The summed E-state index contributed by atoms with van der Waals surface area (Å²) in [5, 5.41) is 6.96. The Kier molecular flexibility index (Phi) is 2.23. The van der Waals surface area contributed by atoms with E-state index in [4.69, 9.17) is 0 Å². The Bertz CT molecular complexity index is 436. The summed E-state index contributed by atoms with van der Waals surface area (Å²) in [5.74, 6) is 0.151. The van der Waals surface area contributed by atoms with Gasteiger partial charge in [-0.1, -0.05) is 0 Å². The van der Waals surface area contributed by atoms with Crippen LogP contribution in [0.2, 0.25) is 0 Å². The first kappa shape index (κ1) is 8.82. The van der Waals surface area contributed by atoms with Gasteiger partial charge in [-0.15, -0.1) is 11.3 Å². The number of nitrogens with zero attached hydrogens (tertiary/aromatic N) is 3. The fourth-order valence-corrected chi connectivity index (χ4v) is 1.67. The predicted molar refractivity (Wildman–Crippen MR) is 48.8 cm³/mol. The summed E-state index contributed by atoms with van der Waals surface area (Å²) >= 11 is 1.20. The van der Waals surface area contributed by atoms with Crippen LogP contribution in [0.25, 0.3) is 10.8 Å². The third kappa shape index (κ3) is 1.49. The molecule has 2 heterocycles. The van der Waals surface area contributed by atoms with Crippen LogP contribution < -0.4 is 0 Å². The molecule has 0 unspecified atom stereocenters. The average molecular weight is 210 g/mol. The number of carbonyl (C=O) groups excluding carboxylic acids is 1. The van der Waals surface area contributed by atoms with E-state index < -0.39 is 5.97 Å². The molecule has 14 heavy (non-hydrogen) atoms. The van der Waals surface area contributed by atoms with Crippen LogP contribution in [0.4, 0.5) is 0 Å². The van der Waals surface area contributed by atoms with Gasteiger partial charge in [0.05, 0.1) is 13.3 Å². The molecule has 0 amide bonds. The van der Waals surface area contributed by atoms with E-state index in [0.717, 1.165) is 0 Å². The minimum Gasteiger partial charge on any atom is -0.465 e. The van der Waals surface area contributed by atoms with Crippen LogP contribution in [0.5, 0.6) is 0 Å². The van der Waals surface area contributed by atoms with Gasteiger partial charge in [0.2, 0.25) is 0 Å². The molecule has 6 nitrogen and oxygen atoms in total. The Labute approximate surface area is 83.0 Å². The number of aromatic amines is 1. The summed E-state index contributed by atoms with van der Waals surface area (Å²) in [7, 11) is 1.33. The molecule has 0 aliphatic carbocycles. The van der Waals surface area contributed by atoms with E-state index in [1.165, 1.54) is 31.0 Å². The van der Waals surface area contributed by atoms with Crippen LogP contribution in [-0.4, -0.2) is 33.2 Å². The Hall–Kier alpha value is -1.76. The van der Waals surface area contributed by atoms with E-state index in [1.54, 1.807) is 0 Å². The Morgan fingerprint density at radius 1 is 1.57 bits per heavy atom. The second-order valence-corrected chi connectivity index (χ2v) is 3.39. The molecule has 7 heteroatoms. The van der Waals surface area contributed by atoms with Crippen LogP contribution in [0.15, 0.2) is 12.5 Å². The molecule has 0 atom stereocenters. The number of carbonyl (C=O) groups is 1. The van der Waals surface area contributed by atoms with Gasteiger partial charge in [-0.2, -0.15) is 5.10 Å². The maximum Gasteiger partial charge on any atom is 0.349 e. The number of aromatic nitrogens is 4. The molecule has 0 radical (unpaired) electrons. The fraction of sp³-hybridized carbons (Fsp3) is 0.143. The van der Waals surface area contributed by atoms with Crippen LogP contribution in [0.3, 0.4) is 0 Å². The van der Waals surface area contributed by atoms with Crippen molar-refractivity contribution in [3.05, 3.63) is 17.4 Å². The molecule has 0 saturated heterocycles. The first-order valence-electron chi connectivity index (χ1n) is 3.71. The smallest absolute Gasteiger partial charge is 0.349 e. The topological polar surface area (TPSA) is 80.8 Å². The highest BCUT2D eigenvalue weighted by Crippen LogP contribution is 2.21. The van der Waals surface area contributed by atoms with Crippen molar-refractivity contribution >= 4 is 17.3 Å². The predicted octanol–water partition coefficient (Wildman–Crippen LogP) is 0.715. The number of methoxy groups -OCH3 is 1. The molecule has 0 fully saturated rings. The zero-order valence-electron chi connectivity index (χ0n) is 7.22. The maximum absolute atomic E-state index is 11.1. The molecular weight excluding hydrogens is 204 g/mol. The lowest BCUT2D eigenvalue weighted by atomic mass is 10.6. The third-order valence-electron chi connectivity index (χ3n) is 1.51. The van der Waals surface area contributed by atoms with Crippen LogP contribution in [0, 0.1) is 0 Å². The molecule has 2 rings (SSSR count). The number of esters is 1. The molecule has 0 saturated carbocycles. The monoisotopic (exact) mass is 210 g/mol. The second-order valence-electron chi connectivity index (χ2n) is 2.36. The van der Waals surface area contributed by atoms with Gasteiger partial charge in [-0.3, -0.25) is 5.10 Å². The van der Waals surface area contributed by atoms with Crippen LogP contribution in [0.1, 0.15) is 9.67 Å². The largest absolute Gasteiger partial charge is 0.465 e. The summed E-state index contributed by atoms with van der Waals surface area (Å²) in [5.41, 5.74) is 0. The van der Waals surface area contributed by atoms with E-state index >= 15 is 0 Å². The summed E-state index contributed by atoms with van der Waals surface area (Å²) in [6.07, 6.45) is 2.84. The Balaban J connectivity index is 2.31. The molecule has 0 spiro atoms. The van der Waals surface area contributed by atoms with E-state index in [0.29, 0.717) is 15.7 Å².